The molecule has 0 fully saturated rings. The van der Waals surface area contributed by atoms with Crippen molar-refractivity contribution in [1.82, 2.24) is 24.4 Å². The van der Waals surface area contributed by atoms with Gasteiger partial charge in [0, 0.05) is 25.0 Å². The lowest BCUT2D eigenvalue weighted by Gasteiger charge is -2.10. The van der Waals surface area contributed by atoms with Crippen LogP contribution in [0.25, 0.3) is 16.7 Å². The molecule has 2 aromatic heterocycles. The number of aryl methyl sites for hydroxylation is 1. The number of para-hydroxylation sites is 3. The summed E-state index contributed by atoms with van der Waals surface area (Å²) in [5, 5.41) is 2.98. The molecule has 7 heteroatoms. The van der Waals surface area contributed by atoms with Gasteiger partial charge >= 0.3 is 0 Å². The van der Waals surface area contributed by atoms with Crippen molar-refractivity contribution in [1.29, 1.82) is 0 Å². The zero-order chi connectivity index (χ0) is 18.8. The molecular weight excluding hydrogens is 358 g/mol. The van der Waals surface area contributed by atoms with Crippen LogP contribution in [0.15, 0.2) is 60.8 Å². The van der Waals surface area contributed by atoms with E-state index in [9.17, 15) is 4.79 Å². The van der Waals surface area contributed by atoms with Crippen LogP contribution in [0.4, 0.5) is 0 Å². The van der Waals surface area contributed by atoms with Gasteiger partial charge in [-0.2, -0.15) is 0 Å². The third-order valence-corrected chi connectivity index (χ3v) is 4.79. The van der Waals surface area contributed by atoms with Gasteiger partial charge in [-0.25, -0.2) is 4.98 Å². The van der Waals surface area contributed by atoms with Crippen LogP contribution in [-0.4, -0.2) is 31.6 Å². The van der Waals surface area contributed by atoms with E-state index in [2.05, 4.69) is 19.9 Å². The Labute approximate surface area is 161 Å². The monoisotopic (exact) mass is 377 g/mol. The summed E-state index contributed by atoms with van der Waals surface area (Å²) in [4.78, 5) is 20.2. The fraction of sp³-hybridized carbons (Fsp3) is 0.150. The van der Waals surface area contributed by atoms with Crippen LogP contribution in [0.3, 0.4) is 0 Å². The second kappa shape index (κ2) is 7.20. The Morgan fingerprint density at radius 3 is 2.70 bits per heavy atom. The molecule has 0 saturated heterocycles. The van der Waals surface area contributed by atoms with Crippen LogP contribution in [0.5, 0.6) is 0 Å². The lowest BCUT2D eigenvalue weighted by molar-refractivity contribution is 0.0945. The predicted molar refractivity (Wildman–Crippen MR) is 108 cm³/mol. The molecule has 0 bridgehead atoms. The highest BCUT2D eigenvalue weighted by atomic mass is 32.1. The third-order valence-electron chi connectivity index (χ3n) is 4.49. The zero-order valence-corrected chi connectivity index (χ0v) is 15.7. The summed E-state index contributed by atoms with van der Waals surface area (Å²) in [6.45, 7) is 3.11. The number of rotatable bonds is 5. The number of aromatic nitrogens is 4. The first-order chi connectivity index (χ1) is 13.1. The van der Waals surface area contributed by atoms with Crippen LogP contribution in [-0.2, 0) is 6.54 Å². The average Bonchev–Trinajstić information content (AvgIpc) is 3.22. The minimum Gasteiger partial charge on any atom is -0.349 e. The van der Waals surface area contributed by atoms with Crippen LogP contribution >= 0.6 is 12.2 Å². The fourth-order valence-corrected chi connectivity index (χ4v) is 3.48. The molecule has 2 heterocycles. The molecule has 4 aromatic rings. The lowest BCUT2D eigenvalue weighted by atomic mass is 10.3. The maximum absolute atomic E-state index is 12.7. The van der Waals surface area contributed by atoms with Crippen LogP contribution < -0.4 is 5.32 Å². The highest BCUT2D eigenvalue weighted by Crippen LogP contribution is 2.15. The van der Waals surface area contributed by atoms with E-state index in [4.69, 9.17) is 12.2 Å². The van der Waals surface area contributed by atoms with E-state index in [1.807, 2.05) is 61.5 Å². The number of imidazole rings is 2. The van der Waals surface area contributed by atoms with E-state index >= 15 is 0 Å². The first kappa shape index (κ1) is 17.2. The van der Waals surface area contributed by atoms with Crippen LogP contribution in [0, 0.1) is 11.7 Å². The smallest absolute Gasteiger partial charge is 0.269 e. The van der Waals surface area contributed by atoms with Crippen LogP contribution in [0.2, 0.25) is 0 Å². The molecule has 0 unspecified atom stereocenters. The van der Waals surface area contributed by atoms with Crippen molar-refractivity contribution in [3.05, 3.63) is 77.1 Å². The molecule has 2 aromatic carbocycles. The summed E-state index contributed by atoms with van der Waals surface area (Å²) in [5.41, 5.74) is 3.37. The summed E-state index contributed by atoms with van der Waals surface area (Å²) in [6, 6.07) is 17.6. The number of benzene rings is 2. The molecule has 1 amide bonds. The molecule has 6 nitrogen and oxygen atoms in total. The molecule has 136 valence electrons. The normalized spacial score (nSPS) is 11.0. The van der Waals surface area contributed by atoms with Gasteiger partial charge in [0.25, 0.3) is 5.91 Å². The first-order valence-corrected chi connectivity index (χ1v) is 9.12. The number of nitrogens with zero attached hydrogens (tertiary/aromatic N) is 3. The molecule has 0 saturated carbocycles. The molecule has 0 radical (unpaired) electrons. The largest absolute Gasteiger partial charge is 0.349 e. The first-order valence-electron chi connectivity index (χ1n) is 8.71. The molecule has 0 aliphatic heterocycles. The number of H-pyrrole nitrogens is 1. The highest BCUT2D eigenvalue weighted by molar-refractivity contribution is 7.71. The molecule has 2 N–H and O–H groups in total. The number of amides is 1. The van der Waals surface area contributed by atoms with Crippen molar-refractivity contribution in [2.75, 3.05) is 6.54 Å². The summed E-state index contributed by atoms with van der Waals surface area (Å²) >= 11 is 5.34. The van der Waals surface area contributed by atoms with Crippen LogP contribution in [0.1, 0.15) is 16.3 Å². The van der Waals surface area contributed by atoms with Gasteiger partial charge in [0.1, 0.15) is 11.5 Å². The maximum atomic E-state index is 12.7. The summed E-state index contributed by atoms with van der Waals surface area (Å²) in [7, 11) is 0. The van der Waals surface area contributed by atoms with E-state index in [-0.39, 0.29) is 5.91 Å². The average molecular weight is 377 g/mol. The number of nitrogens with one attached hydrogen (secondary N) is 2. The fourth-order valence-electron chi connectivity index (χ4n) is 3.22. The van der Waals surface area contributed by atoms with Crippen molar-refractivity contribution in [3.8, 4) is 5.69 Å². The zero-order valence-electron chi connectivity index (χ0n) is 14.8. The van der Waals surface area contributed by atoms with Crippen molar-refractivity contribution >= 4 is 29.2 Å². The number of hydrogen-bond acceptors (Lipinski definition) is 3. The summed E-state index contributed by atoms with van der Waals surface area (Å²) in [5.74, 6) is 0.757. The Morgan fingerprint density at radius 2 is 1.89 bits per heavy atom. The summed E-state index contributed by atoms with van der Waals surface area (Å²) < 4.78 is 4.33. The molecule has 4 rings (SSSR count). The molecule has 0 atom stereocenters. The molecule has 0 aliphatic rings. The number of hydrogen-bond donors (Lipinski definition) is 2. The lowest BCUT2D eigenvalue weighted by Crippen LogP contribution is -2.29. The van der Waals surface area contributed by atoms with Gasteiger partial charge in [0.05, 0.1) is 11.0 Å². The van der Waals surface area contributed by atoms with E-state index in [0.717, 1.165) is 22.5 Å². The Bertz CT molecular complexity index is 1160. The Hall–Kier alpha value is -3.19. The predicted octanol–water partition coefficient (Wildman–Crippen LogP) is 3.62. The number of carbonyl (C=O) groups is 1. The van der Waals surface area contributed by atoms with Crippen molar-refractivity contribution in [2.45, 2.75) is 13.5 Å². The molecule has 0 spiro atoms. The third kappa shape index (κ3) is 3.29. The van der Waals surface area contributed by atoms with E-state index in [0.29, 0.717) is 23.6 Å². The van der Waals surface area contributed by atoms with Gasteiger partial charge in [-0.15, -0.1) is 0 Å². The van der Waals surface area contributed by atoms with Crippen molar-refractivity contribution < 1.29 is 4.79 Å². The van der Waals surface area contributed by atoms with Gasteiger partial charge in [-0.05, 0) is 43.4 Å². The van der Waals surface area contributed by atoms with Gasteiger partial charge in [0.2, 0.25) is 0 Å². The topological polar surface area (TPSA) is 67.6 Å². The summed E-state index contributed by atoms with van der Waals surface area (Å²) in [6.07, 6.45) is 1.64. The maximum Gasteiger partial charge on any atom is 0.269 e. The van der Waals surface area contributed by atoms with E-state index in [1.54, 1.807) is 10.8 Å². The highest BCUT2D eigenvalue weighted by Gasteiger charge is 2.14. The van der Waals surface area contributed by atoms with Gasteiger partial charge in [0.15, 0.2) is 4.77 Å². The Balaban J connectivity index is 1.51. The Kier molecular flexibility index (Phi) is 4.60. The van der Waals surface area contributed by atoms with Crippen molar-refractivity contribution in [3.63, 3.8) is 0 Å². The minimum atomic E-state index is -0.173. The molecule has 0 aliphatic carbocycles. The van der Waals surface area contributed by atoms with E-state index in [1.165, 1.54) is 0 Å². The SMILES string of the molecule is Cc1nc2ccccc2n1CCNC(=O)c1c[nH]c(=S)n1-c1ccccc1. The minimum absolute atomic E-state index is 0.173. The van der Waals surface area contributed by atoms with Gasteiger partial charge in [-0.1, -0.05) is 30.3 Å². The molecular formula is C20H19N5OS. The van der Waals surface area contributed by atoms with Gasteiger partial charge < -0.3 is 14.9 Å². The van der Waals surface area contributed by atoms with E-state index < -0.39 is 0 Å². The second-order valence-electron chi connectivity index (χ2n) is 6.21. The number of fused-ring (bicyclic) bond motifs is 1. The standard InChI is InChI=1S/C20H19N5OS/c1-14-23-16-9-5-6-10-17(16)24(14)12-11-21-19(26)18-13-22-20(27)25(18)15-7-3-2-4-8-15/h2-10,13H,11-12H2,1H3,(H,21,26)(H,22,27). The molecule has 27 heavy (non-hydrogen) atoms. The quantitative estimate of drug-likeness (QED) is 0.522. The Morgan fingerprint density at radius 1 is 1.15 bits per heavy atom. The van der Waals surface area contributed by atoms with Crippen molar-refractivity contribution in [2.24, 2.45) is 0 Å². The van der Waals surface area contributed by atoms with Gasteiger partial charge in [-0.3, -0.25) is 9.36 Å². The second-order valence-corrected chi connectivity index (χ2v) is 6.59. The number of aromatic amines is 1. The number of carbonyl (C=O) groups excluding carboxylic acids is 1.